The monoisotopic (exact) mass is 396 g/mol. The number of nitrogens with one attached hydrogen (secondary N) is 1. The van der Waals surface area contributed by atoms with E-state index in [1.165, 1.54) is 19.8 Å². The first-order chi connectivity index (χ1) is 12.9. The first-order valence-corrected chi connectivity index (χ1v) is 9.68. The lowest BCUT2D eigenvalue weighted by atomic mass is 10.0. The summed E-state index contributed by atoms with van der Waals surface area (Å²) in [6, 6.07) is 5.90. The van der Waals surface area contributed by atoms with E-state index in [-0.39, 0.29) is 24.4 Å². The molecule has 1 aliphatic heterocycles. The van der Waals surface area contributed by atoms with Crippen molar-refractivity contribution in [2.75, 3.05) is 27.3 Å². The Balaban J connectivity index is 1.82. The van der Waals surface area contributed by atoms with Crippen LogP contribution >= 0.6 is 11.6 Å². The molecule has 150 valence electrons. The van der Waals surface area contributed by atoms with Gasteiger partial charge in [0, 0.05) is 24.0 Å². The molecule has 1 atom stereocenters. The molecular weight excluding hydrogens is 368 g/mol. The number of hydrogen-bond acceptors (Lipinski definition) is 6. The van der Waals surface area contributed by atoms with E-state index < -0.39 is 6.04 Å². The van der Waals surface area contributed by atoms with Gasteiger partial charge in [-0.3, -0.25) is 14.5 Å². The van der Waals surface area contributed by atoms with Gasteiger partial charge in [0.2, 0.25) is 0 Å². The van der Waals surface area contributed by atoms with E-state index in [2.05, 4.69) is 27.1 Å². The lowest BCUT2D eigenvalue weighted by Crippen LogP contribution is -2.49. The molecule has 0 radical (unpaired) electrons. The fraction of sp³-hybridized carbons (Fsp3) is 0.600. The number of ether oxygens (including phenoxy) is 2. The number of piperidine rings is 1. The standard InChI is InChI=1S/C20H29ClN2O4/c1-14-12-15(4-5-17(14)21)13-23-10-8-16(9-11-23)22-18(20(25)27-3)6-7-19(24)26-2/h4-5,12,16,18,22H,6-11,13H2,1-3H3/t18-/m1/s1. The number of benzene rings is 1. The van der Waals surface area contributed by atoms with E-state index in [1.54, 1.807) is 0 Å². The maximum atomic E-state index is 12.0. The van der Waals surface area contributed by atoms with Gasteiger partial charge in [-0.2, -0.15) is 0 Å². The normalized spacial score (nSPS) is 16.7. The third-order valence-corrected chi connectivity index (χ3v) is 5.43. The summed E-state index contributed by atoms with van der Waals surface area (Å²) in [5.74, 6) is -0.656. The molecule has 6 nitrogen and oxygen atoms in total. The fourth-order valence-corrected chi connectivity index (χ4v) is 3.50. The van der Waals surface area contributed by atoms with Crippen molar-refractivity contribution in [3.63, 3.8) is 0 Å². The lowest BCUT2D eigenvalue weighted by molar-refractivity contribution is -0.144. The van der Waals surface area contributed by atoms with Gasteiger partial charge in [0.15, 0.2) is 0 Å². The minimum absolute atomic E-state index is 0.192. The van der Waals surface area contributed by atoms with Crippen LogP contribution < -0.4 is 5.32 Å². The highest BCUT2D eigenvalue weighted by atomic mass is 35.5. The highest BCUT2D eigenvalue weighted by Gasteiger charge is 2.26. The largest absolute Gasteiger partial charge is 0.469 e. The molecule has 0 unspecified atom stereocenters. The molecule has 27 heavy (non-hydrogen) atoms. The molecule has 0 amide bonds. The van der Waals surface area contributed by atoms with Crippen molar-refractivity contribution in [3.8, 4) is 0 Å². The summed E-state index contributed by atoms with van der Waals surface area (Å²) in [5, 5.41) is 4.15. The third-order valence-electron chi connectivity index (χ3n) is 5.00. The Labute approximate surface area is 166 Å². The number of methoxy groups -OCH3 is 2. The van der Waals surface area contributed by atoms with Gasteiger partial charge in [0.25, 0.3) is 0 Å². The van der Waals surface area contributed by atoms with Crippen LogP contribution in [0.5, 0.6) is 0 Å². The van der Waals surface area contributed by atoms with Crippen LogP contribution in [-0.2, 0) is 25.6 Å². The zero-order chi connectivity index (χ0) is 19.8. The maximum Gasteiger partial charge on any atom is 0.322 e. The molecule has 1 saturated heterocycles. The molecule has 1 fully saturated rings. The Morgan fingerprint density at radius 2 is 1.96 bits per heavy atom. The van der Waals surface area contributed by atoms with E-state index in [4.69, 9.17) is 16.3 Å². The topological polar surface area (TPSA) is 67.9 Å². The molecule has 2 rings (SSSR count). The number of hydrogen-bond donors (Lipinski definition) is 1. The van der Waals surface area contributed by atoms with Crippen LogP contribution in [0.1, 0.15) is 36.8 Å². The number of likely N-dealkylation sites (tertiary alicyclic amines) is 1. The van der Waals surface area contributed by atoms with E-state index in [1.807, 2.05) is 13.0 Å². The first kappa shape index (κ1) is 21.7. The van der Waals surface area contributed by atoms with Gasteiger partial charge in [-0.25, -0.2) is 0 Å². The molecule has 0 bridgehead atoms. The van der Waals surface area contributed by atoms with Gasteiger partial charge in [-0.1, -0.05) is 23.7 Å². The van der Waals surface area contributed by atoms with Gasteiger partial charge in [0.05, 0.1) is 14.2 Å². The summed E-state index contributed by atoms with van der Waals surface area (Å²) in [7, 11) is 2.71. The summed E-state index contributed by atoms with van der Waals surface area (Å²) in [6.45, 7) is 4.81. The first-order valence-electron chi connectivity index (χ1n) is 9.31. The van der Waals surface area contributed by atoms with Crippen LogP contribution in [0.4, 0.5) is 0 Å². The van der Waals surface area contributed by atoms with Crippen LogP contribution in [0, 0.1) is 6.92 Å². The van der Waals surface area contributed by atoms with E-state index in [0.29, 0.717) is 6.42 Å². The second kappa shape index (κ2) is 10.6. The Kier molecular flexibility index (Phi) is 8.54. The number of nitrogens with zero attached hydrogens (tertiary/aromatic N) is 1. The third kappa shape index (κ3) is 6.79. The minimum Gasteiger partial charge on any atom is -0.469 e. The molecular formula is C20H29ClN2O4. The van der Waals surface area contributed by atoms with Crippen LogP contribution in [0.15, 0.2) is 18.2 Å². The summed E-state index contributed by atoms with van der Waals surface area (Å²) >= 11 is 6.09. The Morgan fingerprint density at radius 3 is 2.56 bits per heavy atom. The van der Waals surface area contributed by atoms with Crippen LogP contribution in [-0.4, -0.2) is 56.2 Å². The zero-order valence-corrected chi connectivity index (χ0v) is 17.1. The second-order valence-corrected chi connectivity index (χ2v) is 7.40. The van der Waals surface area contributed by atoms with Gasteiger partial charge in [-0.05, 0) is 56.5 Å². The van der Waals surface area contributed by atoms with E-state index in [9.17, 15) is 9.59 Å². The number of rotatable bonds is 8. The summed E-state index contributed by atoms with van der Waals surface area (Å²) in [4.78, 5) is 25.8. The van der Waals surface area contributed by atoms with Gasteiger partial charge >= 0.3 is 11.9 Å². The molecule has 1 aromatic rings. The van der Waals surface area contributed by atoms with Crippen LogP contribution in [0.3, 0.4) is 0 Å². The molecule has 1 aliphatic rings. The molecule has 0 aliphatic carbocycles. The van der Waals surface area contributed by atoms with Gasteiger partial charge < -0.3 is 14.8 Å². The predicted molar refractivity (Wildman–Crippen MR) is 105 cm³/mol. The molecule has 1 heterocycles. The molecule has 1 N–H and O–H groups in total. The van der Waals surface area contributed by atoms with Crippen molar-refractivity contribution < 1.29 is 19.1 Å². The second-order valence-electron chi connectivity index (χ2n) is 6.99. The Hall–Kier alpha value is -1.63. The van der Waals surface area contributed by atoms with Crippen molar-refractivity contribution >= 4 is 23.5 Å². The number of aryl methyl sites for hydroxylation is 1. The molecule has 0 saturated carbocycles. The maximum absolute atomic E-state index is 12.0. The average molecular weight is 397 g/mol. The quantitative estimate of drug-likeness (QED) is 0.681. The van der Waals surface area contributed by atoms with E-state index >= 15 is 0 Å². The molecule has 7 heteroatoms. The Morgan fingerprint density at radius 1 is 1.26 bits per heavy atom. The van der Waals surface area contributed by atoms with Gasteiger partial charge in [0.1, 0.15) is 6.04 Å². The molecule has 0 aromatic heterocycles. The summed E-state index contributed by atoms with van der Waals surface area (Å²) in [5.41, 5.74) is 2.35. The molecule has 1 aromatic carbocycles. The zero-order valence-electron chi connectivity index (χ0n) is 16.3. The fourth-order valence-electron chi connectivity index (χ4n) is 3.38. The van der Waals surface area contributed by atoms with Crippen molar-refractivity contribution in [1.82, 2.24) is 10.2 Å². The van der Waals surface area contributed by atoms with Crippen molar-refractivity contribution in [2.45, 2.75) is 51.2 Å². The highest BCUT2D eigenvalue weighted by molar-refractivity contribution is 6.31. The average Bonchev–Trinajstić information content (AvgIpc) is 2.68. The van der Waals surface area contributed by atoms with Crippen molar-refractivity contribution in [3.05, 3.63) is 34.3 Å². The van der Waals surface area contributed by atoms with E-state index in [0.717, 1.165) is 43.1 Å². The van der Waals surface area contributed by atoms with Crippen LogP contribution in [0.25, 0.3) is 0 Å². The summed E-state index contributed by atoms with van der Waals surface area (Å²) in [6.07, 6.45) is 2.46. The van der Waals surface area contributed by atoms with Crippen molar-refractivity contribution in [2.24, 2.45) is 0 Å². The smallest absolute Gasteiger partial charge is 0.322 e. The number of halogens is 1. The SMILES string of the molecule is COC(=O)CC[C@@H](NC1CCN(Cc2ccc(Cl)c(C)c2)CC1)C(=O)OC. The van der Waals surface area contributed by atoms with Gasteiger partial charge in [-0.15, -0.1) is 0 Å². The van der Waals surface area contributed by atoms with Crippen LogP contribution in [0.2, 0.25) is 5.02 Å². The molecule has 0 spiro atoms. The number of carbonyl (C=O) groups is 2. The lowest BCUT2D eigenvalue weighted by Gasteiger charge is -2.34. The highest BCUT2D eigenvalue weighted by Crippen LogP contribution is 2.20. The summed E-state index contributed by atoms with van der Waals surface area (Å²) < 4.78 is 9.52. The Bertz CT molecular complexity index is 645. The van der Waals surface area contributed by atoms with Crippen molar-refractivity contribution in [1.29, 1.82) is 0 Å². The number of esters is 2. The number of carbonyl (C=O) groups excluding carboxylic acids is 2. The minimum atomic E-state index is -0.482. The predicted octanol–water partition coefficient (Wildman–Crippen LogP) is 2.70.